The summed E-state index contributed by atoms with van der Waals surface area (Å²) in [6.07, 6.45) is 0. The number of carbonyl (C=O) groups is 2. The van der Waals surface area contributed by atoms with Gasteiger partial charge >= 0.3 is 11.7 Å². The van der Waals surface area contributed by atoms with Crippen LogP contribution in [0.2, 0.25) is 0 Å². The summed E-state index contributed by atoms with van der Waals surface area (Å²) >= 11 is 0. The maximum atomic E-state index is 12.5. The highest BCUT2D eigenvalue weighted by atomic mass is 32.2. The quantitative estimate of drug-likeness (QED) is 0.675. The second-order valence-corrected chi connectivity index (χ2v) is 7.94. The molecule has 0 bridgehead atoms. The number of carbonyl (C=O) groups excluding carboxylic acids is 2. The average Bonchev–Trinajstić information content (AvgIpc) is 2.70. The van der Waals surface area contributed by atoms with Gasteiger partial charge in [-0.15, -0.1) is 0 Å². The van der Waals surface area contributed by atoms with Crippen molar-refractivity contribution in [2.24, 2.45) is 0 Å². The van der Waals surface area contributed by atoms with E-state index in [-0.39, 0.29) is 11.5 Å². The number of rotatable bonds is 8. The molecule has 1 atom stereocenters. The van der Waals surface area contributed by atoms with Crippen molar-refractivity contribution in [2.75, 3.05) is 13.2 Å². The number of benzene rings is 2. The van der Waals surface area contributed by atoms with E-state index in [9.17, 15) is 26.8 Å². The van der Waals surface area contributed by atoms with E-state index in [2.05, 4.69) is 5.32 Å². The summed E-state index contributed by atoms with van der Waals surface area (Å²) in [5, 5.41) is 2.65. The summed E-state index contributed by atoms with van der Waals surface area (Å²) in [4.78, 5) is 23.1. The lowest BCUT2D eigenvalue weighted by atomic mass is 10.0. The first-order valence-electron chi connectivity index (χ1n) is 8.32. The van der Waals surface area contributed by atoms with Gasteiger partial charge in [-0.1, -0.05) is 37.3 Å². The first-order valence-corrected chi connectivity index (χ1v) is 9.87. The molecule has 9 heteroatoms. The summed E-state index contributed by atoms with van der Waals surface area (Å²) in [5.74, 6) is -4.84. The van der Waals surface area contributed by atoms with E-state index in [1.807, 2.05) is 37.3 Å². The van der Waals surface area contributed by atoms with Crippen molar-refractivity contribution >= 4 is 21.7 Å². The second kappa shape index (κ2) is 9.41. The van der Waals surface area contributed by atoms with Crippen molar-refractivity contribution in [3.05, 3.63) is 65.7 Å². The lowest BCUT2D eigenvalue weighted by molar-refractivity contribution is -0.124. The van der Waals surface area contributed by atoms with E-state index in [0.29, 0.717) is 6.54 Å². The molecule has 0 aliphatic rings. The van der Waals surface area contributed by atoms with Crippen molar-refractivity contribution in [3.8, 4) is 0 Å². The van der Waals surface area contributed by atoms with Crippen LogP contribution in [0.5, 0.6) is 0 Å². The molecule has 6 nitrogen and oxygen atoms in total. The molecule has 0 spiro atoms. The van der Waals surface area contributed by atoms with Crippen LogP contribution >= 0.6 is 0 Å². The van der Waals surface area contributed by atoms with Crippen molar-refractivity contribution in [1.29, 1.82) is 0 Å². The molecule has 0 radical (unpaired) electrons. The molecule has 0 heterocycles. The first kappa shape index (κ1) is 21.5. The molecular formula is C19H19F2NO5S. The van der Waals surface area contributed by atoms with Gasteiger partial charge in [-0.05, 0) is 35.7 Å². The minimum absolute atomic E-state index is 0.0568. The van der Waals surface area contributed by atoms with E-state index in [1.165, 1.54) is 0 Å². The van der Waals surface area contributed by atoms with E-state index in [0.717, 1.165) is 29.8 Å². The molecule has 0 aliphatic carbocycles. The first-order chi connectivity index (χ1) is 13.2. The summed E-state index contributed by atoms with van der Waals surface area (Å²) in [5.41, 5.74) is 0.998. The van der Waals surface area contributed by atoms with E-state index in [1.54, 1.807) is 0 Å². The minimum Gasteiger partial charge on any atom is -0.452 e. The van der Waals surface area contributed by atoms with Crippen molar-refractivity contribution in [3.63, 3.8) is 0 Å². The molecule has 0 saturated heterocycles. The monoisotopic (exact) mass is 411 g/mol. The zero-order chi connectivity index (χ0) is 20.7. The van der Waals surface area contributed by atoms with Gasteiger partial charge in [-0.25, -0.2) is 13.2 Å². The SMILES string of the molecule is C[C@@H](CNC(=O)COC(=O)c1ccc(S(=O)(=O)C(F)F)cc1)c1ccccc1. The number of esters is 1. The van der Waals surface area contributed by atoms with Gasteiger partial charge < -0.3 is 10.1 Å². The Morgan fingerprint density at radius 3 is 2.21 bits per heavy atom. The van der Waals surface area contributed by atoms with Crippen LogP contribution in [-0.4, -0.2) is 39.2 Å². The Balaban J connectivity index is 1.84. The molecular weight excluding hydrogens is 392 g/mol. The van der Waals surface area contributed by atoms with Gasteiger partial charge in [0.25, 0.3) is 5.91 Å². The third-order valence-electron chi connectivity index (χ3n) is 3.96. The Morgan fingerprint density at radius 2 is 1.64 bits per heavy atom. The number of nitrogens with one attached hydrogen (secondary N) is 1. The fourth-order valence-electron chi connectivity index (χ4n) is 2.32. The fraction of sp³-hybridized carbons (Fsp3) is 0.263. The van der Waals surface area contributed by atoms with Crippen LogP contribution in [0.15, 0.2) is 59.5 Å². The Bertz CT molecular complexity index is 915. The zero-order valence-corrected chi connectivity index (χ0v) is 15.8. The lowest BCUT2D eigenvalue weighted by Gasteiger charge is -2.13. The number of alkyl halides is 2. The normalized spacial score (nSPS) is 12.4. The lowest BCUT2D eigenvalue weighted by Crippen LogP contribution is -2.31. The highest BCUT2D eigenvalue weighted by Gasteiger charge is 2.26. The van der Waals surface area contributed by atoms with E-state index < -0.39 is 39.0 Å². The Hall–Kier alpha value is -2.81. The molecule has 1 amide bonds. The molecule has 0 unspecified atom stereocenters. The Morgan fingerprint density at radius 1 is 1.04 bits per heavy atom. The molecule has 2 aromatic rings. The number of halogens is 2. The maximum Gasteiger partial charge on any atom is 0.341 e. The standard InChI is InChI=1S/C19H19F2NO5S/c1-13(14-5-3-2-4-6-14)11-22-17(23)12-27-18(24)15-7-9-16(10-8-15)28(25,26)19(20)21/h2-10,13,19H,11-12H2,1H3,(H,22,23)/t13-/m0/s1. The molecule has 0 fully saturated rings. The summed E-state index contributed by atoms with van der Waals surface area (Å²) in [6.45, 7) is 1.79. The molecule has 150 valence electrons. The van der Waals surface area contributed by atoms with E-state index in [4.69, 9.17) is 4.74 Å². The largest absolute Gasteiger partial charge is 0.452 e. The number of sulfone groups is 1. The van der Waals surface area contributed by atoms with Crippen LogP contribution < -0.4 is 5.32 Å². The van der Waals surface area contributed by atoms with Crippen molar-refractivity contribution < 1.29 is 31.5 Å². The van der Waals surface area contributed by atoms with Gasteiger partial charge in [-0.2, -0.15) is 8.78 Å². The van der Waals surface area contributed by atoms with Gasteiger partial charge in [0.1, 0.15) is 0 Å². The van der Waals surface area contributed by atoms with Crippen LogP contribution in [0.4, 0.5) is 8.78 Å². The Labute approximate surface area is 161 Å². The summed E-state index contributed by atoms with van der Waals surface area (Å²) in [6, 6.07) is 13.4. The number of ether oxygens (including phenoxy) is 1. The third kappa shape index (κ3) is 5.59. The average molecular weight is 411 g/mol. The van der Waals surface area contributed by atoms with Crippen molar-refractivity contribution in [2.45, 2.75) is 23.5 Å². The van der Waals surface area contributed by atoms with Gasteiger partial charge in [0.05, 0.1) is 10.5 Å². The number of hydrogen-bond donors (Lipinski definition) is 1. The molecule has 2 rings (SSSR count). The van der Waals surface area contributed by atoms with Crippen LogP contribution in [0.1, 0.15) is 28.8 Å². The highest BCUT2D eigenvalue weighted by Crippen LogP contribution is 2.19. The smallest absolute Gasteiger partial charge is 0.341 e. The van der Waals surface area contributed by atoms with Gasteiger partial charge in [0.2, 0.25) is 9.84 Å². The maximum absolute atomic E-state index is 12.5. The number of hydrogen-bond acceptors (Lipinski definition) is 5. The topological polar surface area (TPSA) is 89.5 Å². The molecule has 0 aromatic heterocycles. The zero-order valence-electron chi connectivity index (χ0n) is 15.0. The highest BCUT2D eigenvalue weighted by molar-refractivity contribution is 7.91. The molecule has 28 heavy (non-hydrogen) atoms. The van der Waals surface area contributed by atoms with Crippen LogP contribution in [0, 0.1) is 0 Å². The van der Waals surface area contributed by atoms with Crippen LogP contribution in [-0.2, 0) is 19.4 Å². The molecule has 2 aromatic carbocycles. The predicted molar refractivity (Wildman–Crippen MR) is 97.8 cm³/mol. The third-order valence-corrected chi connectivity index (χ3v) is 5.36. The second-order valence-electron chi connectivity index (χ2n) is 6.02. The predicted octanol–water partition coefficient (Wildman–Crippen LogP) is 2.76. The summed E-state index contributed by atoms with van der Waals surface area (Å²) < 4.78 is 52.5. The van der Waals surface area contributed by atoms with Crippen molar-refractivity contribution in [1.82, 2.24) is 5.32 Å². The number of amides is 1. The van der Waals surface area contributed by atoms with Crippen LogP contribution in [0.25, 0.3) is 0 Å². The van der Waals surface area contributed by atoms with Gasteiger partial charge in [0.15, 0.2) is 6.61 Å². The van der Waals surface area contributed by atoms with E-state index >= 15 is 0 Å². The molecule has 0 aliphatic heterocycles. The fourth-order valence-corrected chi connectivity index (χ4v) is 3.04. The minimum atomic E-state index is -4.73. The Kier molecular flexibility index (Phi) is 7.22. The van der Waals surface area contributed by atoms with Gasteiger partial charge in [-0.3, -0.25) is 4.79 Å². The summed E-state index contributed by atoms with van der Waals surface area (Å²) in [7, 11) is -4.73. The molecule has 1 N–H and O–H groups in total. The molecule has 0 saturated carbocycles. The van der Waals surface area contributed by atoms with Gasteiger partial charge in [0, 0.05) is 6.54 Å². The van der Waals surface area contributed by atoms with Crippen LogP contribution in [0.3, 0.4) is 0 Å².